The van der Waals surface area contributed by atoms with E-state index in [0.29, 0.717) is 6.54 Å². The van der Waals surface area contributed by atoms with E-state index >= 15 is 0 Å². The molecule has 0 heterocycles. The summed E-state index contributed by atoms with van der Waals surface area (Å²) < 4.78 is 4.78. The molecule has 2 N–H and O–H groups in total. The third-order valence-corrected chi connectivity index (χ3v) is 3.77. The molecule has 0 bridgehead atoms. The van der Waals surface area contributed by atoms with Crippen LogP contribution in [-0.2, 0) is 9.53 Å². The summed E-state index contributed by atoms with van der Waals surface area (Å²) in [7, 11) is 1.45. The van der Waals surface area contributed by atoms with Gasteiger partial charge in [-0.2, -0.15) is 0 Å². The molecule has 2 aliphatic rings. The van der Waals surface area contributed by atoms with Crippen molar-refractivity contribution in [2.45, 2.75) is 25.7 Å². The maximum Gasteiger partial charge on any atom is 0.313 e. The van der Waals surface area contributed by atoms with Crippen LogP contribution in [0.4, 0.5) is 0 Å². The smallest absolute Gasteiger partial charge is 0.313 e. The molecule has 0 aliphatic heterocycles. The molecule has 1 spiro atoms. The van der Waals surface area contributed by atoms with E-state index in [4.69, 9.17) is 10.5 Å². The Morgan fingerprint density at radius 1 is 1.58 bits per heavy atom. The zero-order valence-corrected chi connectivity index (χ0v) is 7.43. The predicted octanol–water partition coefficient (Wildman–Crippen LogP) is 0.678. The highest BCUT2D eigenvalue weighted by atomic mass is 16.5. The summed E-state index contributed by atoms with van der Waals surface area (Å²) in [5.74, 6) is -0.0929. The average molecular weight is 169 g/mol. The van der Waals surface area contributed by atoms with E-state index in [-0.39, 0.29) is 16.8 Å². The molecule has 3 nitrogen and oxygen atoms in total. The molecule has 0 aromatic carbocycles. The van der Waals surface area contributed by atoms with Crippen molar-refractivity contribution >= 4 is 5.97 Å². The molecule has 2 saturated carbocycles. The highest BCUT2D eigenvalue weighted by molar-refractivity contribution is 5.82. The van der Waals surface area contributed by atoms with Crippen molar-refractivity contribution in [3.63, 3.8) is 0 Å². The monoisotopic (exact) mass is 169 g/mol. The zero-order valence-electron chi connectivity index (χ0n) is 7.43. The van der Waals surface area contributed by atoms with Crippen molar-refractivity contribution in [3.05, 3.63) is 0 Å². The van der Waals surface area contributed by atoms with Gasteiger partial charge in [0.05, 0.1) is 12.5 Å². The quantitative estimate of drug-likeness (QED) is 0.618. The second kappa shape index (κ2) is 2.22. The van der Waals surface area contributed by atoms with Crippen molar-refractivity contribution in [1.82, 2.24) is 0 Å². The molecule has 0 aromatic heterocycles. The summed E-state index contributed by atoms with van der Waals surface area (Å²) in [5.41, 5.74) is 5.60. The summed E-state index contributed by atoms with van der Waals surface area (Å²) >= 11 is 0. The van der Waals surface area contributed by atoms with E-state index in [0.717, 1.165) is 6.42 Å². The lowest BCUT2D eigenvalue weighted by atomic mass is 9.75. The summed E-state index contributed by atoms with van der Waals surface area (Å²) in [5, 5.41) is 0. The van der Waals surface area contributed by atoms with E-state index in [9.17, 15) is 4.79 Å². The second-order valence-electron chi connectivity index (χ2n) is 4.09. The molecule has 2 fully saturated rings. The third-order valence-electron chi connectivity index (χ3n) is 3.77. The molecule has 0 aromatic rings. The number of nitrogens with two attached hydrogens (primary N) is 1. The SMILES string of the molecule is COC(=O)C1(CN)CC12CCC2. The Kier molecular flexibility index (Phi) is 1.49. The fraction of sp³-hybridized carbons (Fsp3) is 0.889. The second-order valence-corrected chi connectivity index (χ2v) is 4.09. The highest BCUT2D eigenvalue weighted by Crippen LogP contribution is 2.73. The van der Waals surface area contributed by atoms with Crippen molar-refractivity contribution in [1.29, 1.82) is 0 Å². The van der Waals surface area contributed by atoms with E-state index in [1.807, 2.05) is 0 Å². The Hall–Kier alpha value is -0.570. The molecule has 0 saturated heterocycles. The van der Waals surface area contributed by atoms with Crippen molar-refractivity contribution < 1.29 is 9.53 Å². The number of rotatable bonds is 2. The van der Waals surface area contributed by atoms with Gasteiger partial charge >= 0.3 is 5.97 Å². The Balaban J connectivity index is 2.14. The van der Waals surface area contributed by atoms with Gasteiger partial charge < -0.3 is 10.5 Å². The zero-order chi connectivity index (χ0) is 8.82. The molecule has 2 rings (SSSR count). The van der Waals surface area contributed by atoms with Gasteiger partial charge in [0.2, 0.25) is 0 Å². The minimum absolute atomic E-state index is 0.0929. The lowest BCUT2D eigenvalue weighted by molar-refractivity contribution is -0.149. The molecule has 1 atom stereocenters. The third kappa shape index (κ3) is 0.678. The van der Waals surface area contributed by atoms with Gasteiger partial charge in [0.15, 0.2) is 0 Å². The van der Waals surface area contributed by atoms with Crippen LogP contribution in [0.25, 0.3) is 0 Å². The predicted molar refractivity (Wildman–Crippen MR) is 44.4 cm³/mol. The van der Waals surface area contributed by atoms with Gasteiger partial charge in [-0.25, -0.2) is 0 Å². The van der Waals surface area contributed by atoms with Gasteiger partial charge in [0.1, 0.15) is 0 Å². The lowest BCUT2D eigenvalue weighted by Gasteiger charge is -2.30. The molecule has 0 radical (unpaired) electrons. The normalized spacial score (nSPS) is 35.8. The largest absolute Gasteiger partial charge is 0.469 e. The Bertz CT molecular complexity index is 223. The molecular weight excluding hydrogens is 154 g/mol. The maximum absolute atomic E-state index is 11.4. The number of ether oxygens (including phenoxy) is 1. The van der Waals surface area contributed by atoms with E-state index in [1.54, 1.807) is 0 Å². The summed E-state index contributed by atoms with van der Waals surface area (Å²) in [6, 6.07) is 0. The van der Waals surface area contributed by atoms with E-state index in [2.05, 4.69) is 0 Å². The lowest BCUT2D eigenvalue weighted by Crippen LogP contribution is -2.35. The standard InChI is InChI=1S/C9H15NO2/c1-12-7(11)9(6-10)5-8(9)3-2-4-8/h2-6,10H2,1H3. The molecule has 1 unspecified atom stereocenters. The number of methoxy groups -OCH3 is 1. The van der Waals surface area contributed by atoms with Crippen LogP contribution in [0.3, 0.4) is 0 Å². The first kappa shape index (κ1) is 8.05. The van der Waals surface area contributed by atoms with E-state index < -0.39 is 0 Å². The maximum atomic E-state index is 11.4. The van der Waals surface area contributed by atoms with Crippen LogP contribution in [-0.4, -0.2) is 19.6 Å². The first-order valence-electron chi connectivity index (χ1n) is 4.49. The van der Waals surface area contributed by atoms with Crippen molar-refractivity contribution in [2.75, 3.05) is 13.7 Å². The minimum Gasteiger partial charge on any atom is -0.469 e. The topological polar surface area (TPSA) is 52.3 Å². The number of carbonyl (C=O) groups is 1. The molecule has 0 amide bonds. The fourth-order valence-electron chi connectivity index (χ4n) is 2.65. The van der Waals surface area contributed by atoms with Crippen molar-refractivity contribution in [3.8, 4) is 0 Å². The Morgan fingerprint density at radius 3 is 2.50 bits per heavy atom. The summed E-state index contributed by atoms with van der Waals surface area (Å²) in [4.78, 5) is 11.4. The molecule has 3 heteroatoms. The van der Waals surface area contributed by atoms with Gasteiger partial charge in [-0.15, -0.1) is 0 Å². The van der Waals surface area contributed by atoms with Crippen LogP contribution in [0, 0.1) is 10.8 Å². The first-order chi connectivity index (χ1) is 5.71. The Morgan fingerprint density at radius 2 is 2.25 bits per heavy atom. The van der Waals surface area contributed by atoms with Gasteiger partial charge in [-0.1, -0.05) is 6.42 Å². The molecule has 12 heavy (non-hydrogen) atoms. The molecular formula is C9H15NO2. The van der Waals surface area contributed by atoms with Crippen LogP contribution in [0.5, 0.6) is 0 Å². The van der Waals surface area contributed by atoms with Crippen LogP contribution in [0.15, 0.2) is 0 Å². The molecule has 2 aliphatic carbocycles. The van der Waals surface area contributed by atoms with Crippen LogP contribution < -0.4 is 5.73 Å². The van der Waals surface area contributed by atoms with E-state index in [1.165, 1.54) is 26.4 Å². The molecule has 68 valence electrons. The van der Waals surface area contributed by atoms with Gasteiger partial charge in [-0.3, -0.25) is 4.79 Å². The van der Waals surface area contributed by atoms with Gasteiger partial charge in [-0.05, 0) is 24.7 Å². The number of carbonyl (C=O) groups excluding carboxylic acids is 1. The average Bonchev–Trinajstić information content (AvgIpc) is 2.73. The van der Waals surface area contributed by atoms with Gasteiger partial charge in [0, 0.05) is 6.54 Å². The summed E-state index contributed by atoms with van der Waals surface area (Å²) in [6.07, 6.45) is 4.54. The van der Waals surface area contributed by atoms with Crippen molar-refractivity contribution in [2.24, 2.45) is 16.6 Å². The fourth-order valence-corrected chi connectivity index (χ4v) is 2.65. The summed E-state index contributed by atoms with van der Waals surface area (Å²) in [6.45, 7) is 0.458. The van der Waals surface area contributed by atoms with Crippen LogP contribution in [0.1, 0.15) is 25.7 Å². The highest BCUT2D eigenvalue weighted by Gasteiger charge is 2.73. The van der Waals surface area contributed by atoms with Gasteiger partial charge in [0.25, 0.3) is 0 Å². The number of hydrogen-bond acceptors (Lipinski definition) is 3. The number of esters is 1. The number of hydrogen-bond donors (Lipinski definition) is 1. The van der Waals surface area contributed by atoms with Crippen LogP contribution in [0.2, 0.25) is 0 Å². The Labute approximate surface area is 72.3 Å². The minimum atomic E-state index is -0.292. The van der Waals surface area contributed by atoms with Crippen LogP contribution >= 0.6 is 0 Å². The first-order valence-corrected chi connectivity index (χ1v) is 4.49.